The highest BCUT2D eigenvalue weighted by molar-refractivity contribution is 5.80. The molecule has 0 fully saturated rings. The van der Waals surface area contributed by atoms with Crippen molar-refractivity contribution in [2.75, 3.05) is 6.54 Å². The molecule has 0 heterocycles. The summed E-state index contributed by atoms with van der Waals surface area (Å²) < 4.78 is 5.75. The summed E-state index contributed by atoms with van der Waals surface area (Å²) in [6.45, 7) is 8.58. The Balaban J connectivity index is 1.74. The second-order valence-corrected chi connectivity index (χ2v) is 6.46. The fourth-order valence-electron chi connectivity index (χ4n) is 2.66. The van der Waals surface area contributed by atoms with Crippen molar-refractivity contribution in [2.24, 2.45) is 0 Å². The van der Waals surface area contributed by atoms with Crippen molar-refractivity contribution in [3.8, 4) is 5.75 Å². The SMILES string of the molecule is Cc1ccc(CCCNC(=O)[C@H](C)Oc2cc(C)cc(C)c2)cc1. The van der Waals surface area contributed by atoms with Gasteiger partial charge in [-0.3, -0.25) is 4.79 Å². The van der Waals surface area contributed by atoms with Gasteiger partial charge in [-0.25, -0.2) is 0 Å². The van der Waals surface area contributed by atoms with Gasteiger partial charge in [-0.05, 0) is 69.4 Å². The minimum absolute atomic E-state index is 0.0712. The van der Waals surface area contributed by atoms with E-state index in [4.69, 9.17) is 4.74 Å². The third-order valence-corrected chi connectivity index (χ3v) is 3.94. The van der Waals surface area contributed by atoms with Crippen LogP contribution in [-0.4, -0.2) is 18.6 Å². The molecule has 128 valence electrons. The van der Waals surface area contributed by atoms with Gasteiger partial charge in [0, 0.05) is 6.54 Å². The number of carbonyl (C=O) groups is 1. The zero-order chi connectivity index (χ0) is 17.5. The Hall–Kier alpha value is -2.29. The van der Waals surface area contributed by atoms with Crippen molar-refractivity contribution in [2.45, 2.75) is 46.6 Å². The molecule has 0 radical (unpaired) electrons. The normalized spacial score (nSPS) is 11.8. The van der Waals surface area contributed by atoms with E-state index in [1.807, 2.05) is 26.0 Å². The Bertz CT molecular complexity index is 656. The van der Waals surface area contributed by atoms with E-state index >= 15 is 0 Å². The Morgan fingerprint density at radius 3 is 2.25 bits per heavy atom. The van der Waals surface area contributed by atoms with Crippen LogP contribution in [0.5, 0.6) is 5.75 Å². The largest absolute Gasteiger partial charge is 0.481 e. The molecule has 3 heteroatoms. The van der Waals surface area contributed by atoms with Crippen molar-refractivity contribution < 1.29 is 9.53 Å². The number of aryl methyl sites for hydroxylation is 4. The van der Waals surface area contributed by atoms with Crippen LogP contribution in [0.1, 0.15) is 35.6 Å². The summed E-state index contributed by atoms with van der Waals surface area (Å²) in [5, 5.41) is 2.95. The molecule has 0 aliphatic heterocycles. The third-order valence-electron chi connectivity index (χ3n) is 3.94. The first kappa shape index (κ1) is 18.1. The average molecular weight is 325 g/mol. The summed E-state index contributed by atoms with van der Waals surface area (Å²) in [4.78, 5) is 12.1. The second-order valence-electron chi connectivity index (χ2n) is 6.46. The number of carbonyl (C=O) groups excluding carboxylic acids is 1. The molecule has 0 aliphatic rings. The number of hydrogen-bond donors (Lipinski definition) is 1. The van der Waals surface area contributed by atoms with E-state index in [0.717, 1.165) is 29.7 Å². The van der Waals surface area contributed by atoms with Gasteiger partial charge in [0.1, 0.15) is 5.75 Å². The number of hydrogen-bond acceptors (Lipinski definition) is 2. The summed E-state index contributed by atoms with van der Waals surface area (Å²) in [6, 6.07) is 14.5. The summed E-state index contributed by atoms with van der Waals surface area (Å²) >= 11 is 0. The molecule has 1 N–H and O–H groups in total. The topological polar surface area (TPSA) is 38.3 Å². The molecule has 0 aromatic heterocycles. The van der Waals surface area contributed by atoms with E-state index in [9.17, 15) is 4.79 Å². The lowest BCUT2D eigenvalue weighted by atomic mass is 10.1. The molecule has 1 atom stereocenters. The Kier molecular flexibility index (Phi) is 6.42. The van der Waals surface area contributed by atoms with Crippen molar-refractivity contribution in [1.82, 2.24) is 5.32 Å². The first-order valence-corrected chi connectivity index (χ1v) is 8.52. The smallest absolute Gasteiger partial charge is 0.260 e. The molecule has 2 aromatic carbocycles. The van der Waals surface area contributed by atoms with Gasteiger partial charge < -0.3 is 10.1 Å². The molecule has 1 amide bonds. The zero-order valence-electron chi connectivity index (χ0n) is 15.1. The fraction of sp³-hybridized carbons (Fsp3) is 0.381. The van der Waals surface area contributed by atoms with Crippen molar-refractivity contribution >= 4 is 5.91 Å². The van der Waals surface area contributed by atoms with Crippen LogP contribution in [0.25, 0.3) is 0 Å². The van der Waals surface area contributed by atoms with E-state index in [-0.39, 0.29) is 5.91 Å². The number of rotatable bonds is 7. The maximum Gasteiger partial charge on any atom is 0.260 e. The standard InChI is InChI=1S/C21H27NO2/c1-15-7-9-19(10-8-15)6-5-11-22-21(23)18(4)24-20-13-16(2)12-17(3)14-20/h7-10,12-14,18H,5-6,11H2,1-4H3,(H,22,23)/t18-/m0/s1. The fourth-order valence-corrected chi connectivity index (χ4v) is 2.66. The van der Waals surface area contributed by atoms with Crippen LogP contribution in [-0.2, 0) is 11.2 Å². The van der Waals surface area contributed by atoms with Crippen LogP contribution in [0.3, 0.4) is 0 Å². The highest BCUT2D eigenvalue weighted by atomic mass is 16.5. The van der Waals surface area contributed by atoms with E-state index in [1.54, 1.807) is 6.92 Å². The summed E-state index contributed by atoms with van der Waals surface area (Å²) in [5.41, 5.74) is 4.84. The minimum Gasteiger partial charge on any atom is -0.481 e. The maximum atomic E-state index is 12.1. The Morgan fingerprint density at radius 1 is 1.00 bits per heavy atom. The number of ether oxygens (including phenoxy) is 1. The lowest BCUT2D eigenvalue weighted by molar-refractivity contribution is -0.127. The minimum atomic E-state index is -0.495. The van der Waals surface area contributed by atoms with Crippen molar-refractivity contribution in [3.63, 3.8) is 0 Å². The highest BCUT2D eigenvalue weighted by Crippen LogP contribution is 2.17. The zero-order valence-corrected chi connectivity index (χ0v) is 15.1. The third kappa shape index (κ3) is 5.73. The van der Waals surface area contributed by atoms with Gasteiger partial charge in [0.05, 0.1) is 0 Å². The summed E-state index contributed by atoms with van der Waals surface area (Å²) in [7, 11) is 0. The molecule has 0 bridgehead atoms. The molecule has 24 heavy (non-hydrogen) atoms. The van der Waals surface area contributed by atoms with Crippen LogP contribution >= 0.6 is 0 Å². The van der Waals surface area contributed by atoms with Crippen LogP contribution in [0.4, 0.5) is 0 Å². The first-order chi connectivity index (χ1) is 11.4. The molecule has 0 saturated heterocycles. The Morgan fingerprint density at radius 2 is 1.62 bits per heavy atom. The molecular weight excluding hydrogens is 298 g/mol. The molecule has 0 aliphatic carbocycles. The highest BCUT2D eigenvalue weighted by Gasteiger charge is 2.14. The molecular formula is C21H27NO2. The maximum absolute atomic E-state index is 12.1. The second kappa shape index (κ2) is 8.53. The van der Waals surface area contributed by atoms with Gasteiger partial charge in [-0.2, -0.15) is 0 Å². The van der Waals surface area contributed by atoms with E-state index in [0.29, 0.717) is 6.54 Å². The monoisotopic (exact) mass is 325 g/mol. The van der Waals surface area contributed by atoms with Crippen LogP contribution < -0.4 is 10.1 Å². The Labute approximate surface area is 145 Å². The lowest BCUT2D eigenvalue weighted by Gasteiger charge is -2.15. The van der Waals surface area contributed by atoms with E-state index < -0.39 is 6.10 Å². The van der Waals surface area contributed by atoms with Crippen molar-refractivity contribution in [3.05, 3.63) is 64.7 Å². The van der Waals surface area contributed by atoms with Gasteiger partial charge in [0.2, 0.25) is 0 Å². The van der Waals surface area contributed by atoms with Gasteiger partial charge >= 0.3 is 0 Å². The van der Waals surface area contributed by atoms with Gasteiger partial charge in [-0.1, -0.05) is 35.9 Å². The molecule has 0 spiro atoms. The average Bonchev–Trinajstić information content (AvgIpc) is 2.52. The predicted molar refractivity (Wildman–Crippen MR) is 98.5 cm³/mol. The lowest BCUT2D eigenvalue weighted by Crippen LogP contribution is -2.37. The molecule has 2 rings (SSSR count). The number of amides is 1. The number of benzene rings is 2. The van der Waals surface area contributed by atoms with Crippen LogP contribution in [0.15, 0.2) is 42.5 Å². The summed E-state index contributed by atoms with van der Waals surface area (Å²) in [5.74, 6) is 0.674. The van der Waals surface area contributed by atoms with Crippen molar-refractivity contribution in [1.29, 1.82) is 0 Å². The quantitative estimate of drug-likeness (QED) is 0.777. The first-order valence-electron chi connectivity index (χ1n) is 8.52. The molecule has 3 nitrogen and oxygen atoms in total. The molecule has 2 aromatic rings. The van der Waals surface area contributed by atoms with Crippen LogP contribution in [0.2, 0.25) is 0 Å². The summed E-state index contributed by atoms with van der Waals surface area (Å²) in [6.07, 6.45) is 1.39. The van der Waals surface area contributed by atoms with Gasteiger partial charge in [0.15, 0.2) is 6.10 Å². The number of nitrogens with one attached hydrogen (secondary N) is 1. The van der Waals surface area contributed by atoms with E-state index in [1.165, 1.54) is 11.1 Å². The predicted octanol–water partition coefficient (Wildman–Crippen LogP) is 4.13. The van der Waals surface area contributed by atoms with E-state index in [2.05, 4.69) is 42.6 Å². The molecule has 0 unspecified atom stereocenters. The molecule has 0 saturated carbocycles. The van der Waals surface area contributed by atoms with Gasteiger partial charge in [-0.15, -0.1) is 0 Å². The van der Waals surface area contributed by atoms with Gasteiger partial charge in [0.25, 0.3) is 5.91 Å². The van der Waals surface area contributed by atoms with Crippen LogP contribution in [0, 0.1) is 20.8 Å².